The normalized spacial score (nSPS) is 10.2. The van der Waals surface area contributed by atoms with Crippen LogP contribution < -0.4 is 0 Å². The number of thioether (sulfide) groups is 1. The van der Waals surface area contributed by atoms with Crippen LogP contribution >= 0.6 is 11.8 Å². The number of benzene rings is 1. The molecular formula is C12H15FO3S. The van der Waals surface area contributed by atoms with E-state index in [0.717, 1.165) is 4.90 Å². The molecule has 1 rings (SSSR count). The highest BCUT2D eigenvalue weighted by Gasteiger charge is 2.04. The van der Waals surface area contributed by atoms with Crippen molar-refractivity contribution in [2.24, 2.45) is 0 Å². The fourth-order valence-corrected chi connectivity index (χ4v) is 1.77. The van der Waals surface area contributed by atoms with E-state index in [1.165, 1.54) is 23.9 Å². The summed E-state index contributed by atoms with van der Waals surface area (Å²) >= 11 is 1.32. The predicted octanol–water partition coefficient (Wildman–Crippen LogP) is 2.50. The minimum Gasteiger partial charge on any atom is -0.463 e. The summed E-state index contributed by atoms with van der Waals surface area (Å²) in [5.41, 5.74) is 0. The Labute approximate surface area is 104 Å². The second-order valence-electron chi connectivity index (χ2n) is 3.16. The summed E-state index contributed by atoms with van der Waals surface area (Å²) < 4.78 is 22.6. The highest BCUT2D eigenvalue weighted by Crippen LogP contribution is 2.17. The molecule has 0 atom stereocenters. The van der Waals surface area contributed by atoms with Gasteiger partial charge in [-0.05, 0) is 31.2 Å². The molecule has 0 aliphatic heterocycles. The van der Waals surface area contributed by atoms with Gasteiger partial charge in [0.25, 0.3) is 0 Å². The Morgan fingerprint density at radius 1 is 1.29 bits per heavy atom. The van der Waals surface area contributed by atoms with E-state index in [0.29, 0.717) is 13.2 Å². The minimum absolute atomic E-state index is 0.220. The molecule has 0 spiro atoms. The van der Waals surface area contributed by atoms with Crippen LogP contribution in [0.3, 0.4) is 0 Å². The number of carbonyl (C=O) groups is 1. The van der Waals surface area contributed by atoms with Crippen molar-refractivity contribution in [2.45, 2.75) is 11.8 Å². The SMILES string of the molecule is CCOCCOC(=O)CSc1ccc(F)cc1. The standard InChI is InChI=1S/C12H15FO3S/c1-2-15-7-8-16-12(14)9-17-11-5-3-10(13)4-6-11/h3-6H,2,7-9H2,1H3. The van der Waals surface area contributed by atoms with Gasteiger partial charge in [-0.25, -0.2) is 4.39 Å². The number of carbonyl (C=O) groups excluding carboxylic acids is 1. The summed E-state index contributed by atoms with van der Waals surface area (Å²) in [6, 6.07) is 5.99. The van der Waals surface area contributed by atoms with Crippen LogP contribution in [0.4, 0.5) is 4.39 Å². The molecule has 0 bridgehead atoms. The predicted molar refractivity (Wildman–Crippen MR) is 64.6 cm³/mol. The summed E-state index contributed by atoms with van der Waals surface area (Å²) in [4.78, 5) is 12.1. The molecule has 0 aliphatic carbocycles. The zero-order chi connectivity index (χ0) is 12.5. The van der Waals surface area contributed by atoms with Crippen LogP contribution in [-0.2, 0) is 14.3 Å². The van der Waals surface area contributed by atoms with Crippen molar-refractivity contribution in [1.29, 1.82) is 0 Å². The molecule has 0 saturated heterocycles. The monoisotopic (exact) mass is 258 g/mol. The first-order chi connectivity index (χ1) is 8.22. The summed E-state index contributed by atoms with van der Waals surface area (Å²) in [6.45, 7) is 3.19. The fraction of sp³-hybridized carbons (Fsp3) is 0.417. The lowest BCUT2D eigenvalue weighted by Gasteiger charge is -2.04. The van der Waals surface area contributed by atoms with E-state index in [1.54, 1.807) is 12.1 Å². The first-order valence-electron chi connectivity index (χ1n) is 5.34. The summed E-state index contributed by atoms with van der Waals surface area (Å²) in [5.74, 6) is -0.356. The summed E-state index contributed by atoms with van der Waals surface area (Å²) in [5, 5.41) is 0. The Balaban J connectivity index is 2.17. The maximum Gasteiger partial charge on any atom is 0.316 e. The van der Waals surface area contributed by atoms with Crippen LogP contribution in [0.25, 0.3) is 0 Å². The van der Waals surface area contributed by atoms with Crippen LogP contribution in [0.15, 0.2) is 29.2 Å². The number of esters is 1. The molecule has 1 aromatic rings. The van der Waals surface area contributed by atoms with E-state index in [-0.39, 0.29) is 24.1 Å². The van der Waals surface area contributed by atoms with Crippen molar-refractivity contribution >= 4 is 17.7 Å². The molecule has 5 heteroatoms. The average molecular weight is 258 g/mol. The Morgan fingerprint density at radius 2 is 2.00 bits per heavy atom. The third-order valence-corrected chi connectivity index (χ3v) is 2.85. The van der Waals surface area contributed by atoms with E-state index < -0.39 is 0 Å². The Kier molecular flexibility index (Phi) is 6.65. The summed E-state index contributed by atoms with van der Waals surface area (Å²) in [7, 11) is 0. The van der Waals surface area contributed by atoms with Crippen molar-refractivity contribution in [3.63, 3.8) is 0 Å². The lowest BCUT2D eigenvalue weighted by Crippen LogP contribution is -2.12. The van der Waals surface area contributed by atoms with Gasteiger partial charge in [0.2, 0.25) is 0 Å². The van der Waals surface area contributed by atoms with Gasteiger partial charge in [-0.3, -0.25) is 4.79 Å². The average Bonchev–Trinajstić information content (AvgIpc) is 2.34. The lowest BCUT2D eigenvalue weighted by molar-refractivity contribution is -0.141. The van der Waals surface area contributed by atoms with E-state index in [9.17, 15) is 9.18 Å². The number of ether oxygens (including phenoxy) is 2. The van der Waals surface area contributed by atoms with Crippen molar-refractivity contribution < 1.29 is 18.7 Å². The van der Waals surface area contributed by atoms with Crippen molar-refractivity contribution in [3.05, 3.63) is 30.1 Å². The molecule has 94 valence electrons. The van der Waals surface area contributed by atoms with Gasteiger partial charge in [0.05, 0.1) is 12.4 Å². The molecule has 1 aromatic carbocycles. The second-order valence-corrected chi connectivity index (χ2v) is 4.21. The molecule has 0 fully saturated rings. The molecular weight excluding hydrogens is 243 g/mol. The van der Waals surface area contributed by atoms with Crippen LogP contribution in [0.2, 0.25) is 0 Å². The van der Waals surface area contributed by atoms with Gasteiger partial charge in [-0.15, -0.1) is 11.8 Å². The Morgan fingerprint density at radius 3 is 2.65 bits per heavy atom. The molecule has 0 saturated carbocycles. The highest BCUT2D eigenvalue weighted by molar-refractivity contribution is 8.00. The van der Waals surface area contributed by atoms with Crippen LogP contribution in [-0.4, -0.2) is 31.5 Å². The van der Waals surface area contributed by atoms with Crippen LogP contribution in [0, 0.1) is 5.82 Å². The van der Waals surface area contributed by atoms with Crippen molar-refractivity contribution in [1.82, 2.24) is 0 Å². The lowest BCUT2D eigenvalue weighted by atomic mass is 10.4. The van der Waals surface area contributed by atoms with Crippen molar-refractivity contribution in [3.8, 4) is 0 Å². The van der Waals surface area contributed by atoms with Gasteiger partial charge < -0.3 is 9.47 Å². The molecule has 0 radical (unpaired) electrons. The molecule has 0 aromatic heterocycles. The number of halogens is 1. The minimum atomic E-state index is -0.293. The zero-order valence-corrected chi connectivity index (χ0v) is 10.5. The first-order valence-corrected chi connectivity index (χ1v) is 6.32. The highest BCUT2D eigenvalue weighted by atomic mass is 32.2. The van der Waals surface area contributed by atoms with E-state index in [2.05, 4.69) is 0 Å². The third kappa shape index (κ3) is 6.28. The smallest absolute Gasteiger partial charge is 0.316 e. The van der Waals surface area contributed by atoms with Gasteiger partial charge in [0.1, 0.15) is 12.4 Å². The van der Waals surface area contributed by atoms with Crippen molar-refractivity contribution in [2.75, 3.05) is 25.6 Å². The Hall–Kier alpha value is -1.07. The van der Waals surface area contributed by atoms with Gasteiger partial charge in [0, 0.05) is 11.5 Å². The molecule has 3 nitrogen and oxygen atoms in total. The van der Waals surface area contributed by atoms with Gasteiger partial charge in [-0.1, -0.05) is 0 Å². The molecule has 0 unspecified atom stereocenters. The maximum absolute atomic E-state index is 12.6. The van der Waals surface area contributed by atoms with E-state index in [1.807, 2.05) is 6.92 Å². The number of hydrogen-bond donors (Lipinski definition) is 0. The Bertz CT molecular complexity index is 340. The third-order valence-electron chi connectivity index (χ3n) is 1.87. The molecule has 0 N–H and O–H groups in total. The molecule has 0 amide bonds. The van der Waals surface area contributed by atoms with Crippen LogP contribution in [0.1, 0.15) is 6.92 Å². The summed E-state index contributed by atoms with van der Waals surface area (Å²) in [6.07, 6.45) is 0. The molecule has 17 heavy (non-hydrogen) atoms. The molecule has 0 heterocycles. The fourth-order valence-electron chi connectivity index (χ4n) is 1.07. The first kappa shape index (κ1) is 14.0. The van der Waals surface area contributed by atoms with E-state index >= 15 is 0 Å². The van der Waals surface area contributed by atoms with E-state index in [4.69, 9.17) is 9.47 Å². The zero-order valence-electron chi connectivity index (χ0n) is 9.65. The maximum atomic E-state index is 12.6. The van der Waals surface area contributed by atoms with Crippen LogP contribution in [0.5, 0.6) is 0 Å². The van der Waals surface area contributed by atoms with Gasteiger partial charge in [0.15, 0.2) is 0 Å². The largest absolute Gasteiger partial charge is 0.463 e. The molecule has 0 aliphatic rings. The number of hydrogen-bond acceptors (Lipinski definition) is 4. The number of rotatable bonds is 7. The second kappa shape index (κ2) is 8.08. The quantitative estimate of drug-likeness (QED) is 0.427. The topological polar surface area (TPSA) is 35.5 Å². The van der Waals surface area contributed by atoms with Gasteiger partial charge >= 0.3 is 5.97 Å². The van der Waals surface area contributed by atoms with Gasteiger partial charge in [-0.2, -0.15) is 0 Å².